The van der Waals surface area contributed by atoms with E-state index in [1.807, 2.05) is 0 Å². The first-order chi connectivity index (χ1) is 10.3. The Bertz CT molecular complexity index is 345. The summed E-state index contributed by atoms with van der Waals surface area (Å²) in [4.78, 5) is 12.2. The Morgan fingerprint density at radius 3 is 2.57 bits per heavy atom. The SMILES string of the molecule is O=C(NCCOC1CCCCCC1)C1CC12CCNCC2. The molecule has 1 amide bonds. The number of hydrogen-bond acceptors (Lipinski definition) is 3. The minimum atomic E-state index is 0.265. The van der Waals surface area contributed by atoms with E-state index in [9.17, 15) is 4.79 Å². The topological polar surface area (TPSA) is 50.4 Å². The van der Waals surface area contributed by atoms with Crippen molar-refractivity contribution in [1.82, 2.24) is 10.6 Å². The van der Waals surface area contributed by atoms with Gasteiger partial charge in [-0.05, 0) is 50.6 Å². The highest BCUT2D eigenvalue weighted by Gasteiger charge is 2.57. The minimum Gasteiger partial charge on any atom is -0.376 e. The van der Waals surface area contributed by atoms with Crippen molar-refractivity contribution >= 4 is 5.91 Å². The van der Waals surface area contributed by atoms with Crippen LogP contribution in [0.2, 0.25) is 0 Å². The van der Waals surface area contributed by atoms with Gasteiger partial charge in [0.15, 0.2) is 0 Å². The molecule has 1 atom stereocenters. The van der Waals surface area contributed by atoms with Crippen LogP contribution in [0.3, 0.4) is 0 Å². The molecule has 0 bridgehead atoms. The van der Waals surface area contributed by atoms with Crippen molar-refractivity contribution in [3.8, 4) is 0 Å². The summed E-state index contributed by atoms with van der Waals surface area (Å²) < 4.78 is 5.93. The molecule has 1 aliphatic heterocycles. The Labute approximate surface area is 128 Å². The molecule has 2 saturated carbocycles. The molecule has 1 heterocycles. The van der Waals surface area contributed by atoms with Crippen LogP contribution >= 0.6 is 0 Å². The monoisotopic (exact) mass is 294 g/mol. The van der Waals surface area contributed by atoms with Gasteiger partial charge in [0, 0.05) is 12.5 Å². The quantitative estimate of drug-likeness (QED) is 0.604. The van der Waals surface area contributed by atoms with Crippen molar-refractivity contribution in [2.75, 3.05) is 26.2 Å². The van der Waals surface area contributed by atoms with Gasteiger partial charge in [0.2, 0.25) is 5.91 Å². The van der Waals surface area contributed by atoms with Crippen LogP contribution in [-0.2, 0) is 9.53 Å². The fraction of sp³-hybridized carbons (Fsp3) is 0.941. The molecule has 3 fully saturated rings. The van der Waals surface area contributed by atoms with E-state index in [0.717, 1.165) is 19.5 Å². The predicted molar refractivity (Wildman–Crippen MR) is 83.1 cm³/mol. The van der Waals surface area contributed by atoms with Crippen LogP contribution in [0.4, 0.5) is 0 Å². The van der Waals surface area contributed by atoms with Gasteiger partial charge in [-0.25, -0.2) is 0 Å². The van der Waals surface area contributed by atoms with Gasteiger partial charge >= 0.3 is 0 Å². The molecule has 0 radical (unpaired) electrons. The smallest absolute Gasteiger partial charge is 0.223 e. The highest BCUT2D eigenvalue weighted by atomic mass is 16.5. The van der Waals surface area contributed by atoms with Crippen LogP contribution in [0.5, 0.6) is 0 Å². The molecule has 4 heteroatoms. The van der Waals surface area contributed by atoms with Crippen molar-refractivity contribution in [3.63, 3.8) is 0 Å². The second-order valence-electron chi connectivity index (χ2n) is 7.14. The van der Waals surface area contributed by atoms with Crippen molar-refractivity contribution < 1.29 is 9.53 Å². The van der Waals surface area contributed by atoms with Crippen LogP contribution in [0, 0.1) is 11.3 Å². The van der Waals surface area contributed by atoms with Crippen LogP contribution in [-0.4, -0.2) is 38.3 Å². The third-order valence-corrected chi connectivity index (χ3v) is 5.66. The summed E-state index contributed by atoms with van der Waals surface area (Å²) in [6.07, 6.45) is 11.6. The molecular formula is C17H30N2O2. The van der Waals surface area contributed by atoms with E-state index < -0.39 is 0 Å². The standard InChI is InChI=1S/C17H30N2O2/c20-16(15-13-17(15)7-9-18-10-8-17)19-11-12-21-14-5-3-1-2-4-6-14/h14-15,18H,1-13H2,(H,19,20). The first kappa shape index (κ1) is 15.3. The first-order valence-corrected chi connectivity index (χ1v) is 8.90. The number of nitrogens with one attached hydrogen (secondary N) is 2. The van der Waals surface area contributed by atoms with Gasteiger partial charge in [-0.1, -0.05) is 25.7 Å². The lowest BCUT2D eigenvalue weighted by Gasteiger charge is -2.23. The Morgan fingerprint density at radius 2 is 1.86 bits per heavy atom. The summed E-state index contributed by atoms with van der Waals surface area (Å²) >= 11 is 0. The van der Waals surface area contributed by atoms with Gasteiger partial charge < -0.3 is 15.4 Å². The summed E-state index contributed by atoms with van der Waals surface area (Å²) in [6.45, 7) is 3.51. The molecule has 2 aliphatic carbocycles. The number of rotatable bonds is 5. The molecule has 1 unspecified atom stereocenters. The number of piperidine rings is 1. The Morgan fingerprint density at radius 1 is 1.14 bits per heavy atom. The van der Waals surface area contributed by atoms with E-state index >= 15 is 0 Å². The van der Waals surface area contributed by atoms with E-state index in [0.29, 0.717) is 24.7 Å². The van der Waals surface area contributed by atoms with E-state index in [4.69, 9.17) is 4.74 Å². The number of hydrogen-bond donors (Lipinski definition) is 2. The summed E-state index contributed by atoms with van der Waals surface area (Å²) in [5, 5.41) is 6.47. The molecular weight excluding hydrogens is 264 g/mol. The molecule has 0 aromatic carbocycles. The van der Waals surface area contributed by atoms with Crippen LogP contribution < -0.4 is 10.6 Å². The molecule has 120 valence electrons. The van der Waals surface area contributed by atoms with E-state index in [2.05, 4.69) is 10.6 Å². The molecule has 21 heavy (non-hydrogen) atoms. The maximum absolute atomic E-state index is 12.2. The summed E-state index contributed by atoms with van der Waals surface area (Å²) in [6, 6.07) is 0. The third-order valence-electron chi connectivity index (χ3n) is 5.66. The molecule has 1 saturated heterocycles. The first-order valence-electron chi connectivity index (χ1n) is 8.90. The number of carbonyl (C=O) groups excluding carboxylic acids is 1. The second-order valence-corrected chi connectivity index (χ2v) is 7.14. The summed E-state index contributed by atoms with van der Waals surface area (Å²) in [5.74, 6) is 0.541. The molecule has 3 rings (SSSR count). The lowest BCUT2D eigenvalue weighted by molar-refractivity contribution is -0.123. The second kappa shape index (κ2) is 7.10. The lowest BCUT2D eigenvalue weighted by Crippen LogP contribution is -2.35. The molecule has 2 N–H and O–H groups in total. The zero-order valence-corrected chi connectivity index (χ0v) is 13.2. The zero-order valence-electron chi connectivity index (χ0n) is 13.2. The molecule has 0 aromatic heterocycles. The van der Waals surface area contributed by atoms with Gasteiger partial charge in [0.25, 0.3) is 0 Å². The molecule has 3 aliphatic rings. The van der Waals surface area contributed by atoms with Gasteiger partial charge in [0.05, 0.1) is 12.7 Å². The maximum atomic E-state index is 12.2. The number of ether oxygens (including phenoxy) is 1. The molecule has 1 spiro atoms. The van der Waals surface area contributed by atoms with Gasteiger partial charge in [0.1, 0.15) is 0 Å². The number of carbonyl (C=O) groups is 1. The fourth-order valence-electron chi connectivity index (χ4n) is 4.13. The molecule has 0 aromatic rings. The largest absolute Gasteiger partial charge is 0.376 e. The van der Waals surface area contributed by atoms with Crippen LogP contribution in [0.15, 0.2) is 0 Å². The highest BCUT2D eigenvalue weighted by Crippen LogP contribution is 2.58. The zero-order chi connectivity index (χ0) is 14.5. The van der Waals surface area contributed by atoms with E-state index in [1.54, 1.807) is 0 Å². The van der Waals surface area contributed by atoms with Crippen molar-refractivity contribution in [3.05, 3.63) is 0 Å². The normalized spacial score (nSPS) is 29.0. The maximum Gasteiger partial charge on any atom is 0.223 e. The highest BCUT2D eigenvalue weighted by molar-refractivity contribution is 5.82. The van der Waals surface area contributed by atoms with Crippen LogP contribution in [0.1, 0.15) is 57.8 Å². The van der Waals surface area contributed by atoms with Crippen molar-refractivity contribution in [1.29, 1.82) is 0 Å². The predicted octanol–water partition coefficient (Wildman–Crippen LogP) is 2.23. The molecule has 4 nitrogen and oxygen atoms in total. The van der Waals surface area contributed by atoms with Crippen LogP contribution in [0.25, 0.3) is 0 Å². The third kappa shape index (κ3) is 3.98. The summed E-state index contributed by atoms with van der Waals surface area (Å²) in [7, 11) is 0. The average Bonchev–Trinajstić information content (AvgIpc) is 3.25. The van der Waals surface area contributed by atoms with E-state index in [1.165, 1.54) is 51.4 Å². The Balaban J connectivity index is 1.30. The lowest BCUT2D eigenvalue weighted by atomic mass is 9.92. The van der Waals surface area contributed by atoms with Gasteiger partial charge in [-0.15, -0.1) is 0 Å². The minimum absolute atomic E-state index is 0.265. The Kier molecular flexibility index (Phi) is 5.17. The van der Waals surface area contributed by atoms with Crippen molar-refractivity contribution in [2.24, 2.45) is 11.3 Å². The van der Waals surface area contributed by atoms with Gasteiger partial charge in [-0.2, -0.15) is 0 Å². The Hall–Kier alpha value is -0.610. The summed E-state index contributed by atoms with van der Waals surface area (Å²) in [5.41, 5.74) is 0.345. The number of amides is 1. The van der Waals surface area contributed by atoms with Crippen molar-refractivity contribution in [2.45, 2.75) is 63.9 Å². The van der Waals surface area contributed by atoms with Gasteiger partial charge in [-0.3, -0.25) is 4.79 Å². The fourth-order valence-corrected chi connectivity index (χ4v) is 4.13. The van der Waals surface area contributed by atoms with E-state index in [-0.39, 0.29) is 11.8 Å². The average molecular weight is 294 g/mol.